The quantitative estimate of drug-likeness (QED) is 0.494. The van der Waals surface area contributed by atoms with Gasteiger partial charge in [0.25, 0.3) is 0 Å². The molecule has 0 aromatic rings. The van der Waals surface area contributed by atoms with Gasteiger partial charge >= 0.3 is 0 Å². The van der Waals surface area contributed by atoms with E-state index in [1.54, 1.807) is 0 Å². The Labute approximate surface area is 101 Å². The van der Waals surface area contributed by atoms with Crippen molar-refractivity contribution in [3.63, 3.8) is 0 Å². The predicted molar refractivity (Wildman–Crippen MR) is 68.9 cm³/mol. The van der Waals surface area contributed by atoms with Crippen molar-refractivity contribution >= 4 is 0 Å². The maximum Gasteiger partial charge on any atom is 0.0700 e. The average molecular weight is 231 g/mol. The minimum Gasteiger partial charge on any atom is -0.379 e. The van der Waals surface area contributed by atoms with E-state index in [1.165, 1.54) is 19.3 Å². The van der Waals surface area contributed by atoms with E-state index < -0.39 is 0 Å². The molecular weight excluding hydrogens is 202 g/mol. The molecule has 0 saturated carbocycles. The van der Waals surface area contributed by atoms with E-state index >= 15 is 0 Å². The van der Waals surface area contributed by atoms with Gasteiger partial charge in [-0.25, -0.2) is 0 Å². The fourth-order valence-corrected chi connectivity index (χ4v) is 1.32. The second kappa shape index (κ2) is 14.9. The van der Waals surface area contributed by atoms with E-state index in [1.807, 2.05) is 0 Å². The fourth-order valence-electron chi connectivity index (χ4n) is 1.32. The van der Waals surface area contributed by atoms with Gasteiger partial charge in [-0.3, -0.25) is 0 Å². The van der Waals surface area contributed by atoms with E-state index in [-0.39, 0.29) is 0 Å². The molecule has 0 amide bonds. The second-order valence-corrected chi connectivity index (χ2v) is 4.04. The molecule has 3 heteroatoms. The van der Waals surface area contributed by atoms with Crippen LogP contribution < -0.4 is 5.32 Å². The highest BCUT2D eigenvalue weighted by Crippen LogP contribution is 1.91. The lowest BCUT2D eigenvalue weighted by Gasteiger charge is -2.05. The van der Waals surface area contributed by atoms with Gasteiger partial charge in [0.2, 0.25) is 0 Å². The zero-order valence-electron chi connectivity index (χ0n) is 11.1. The van der Waals surface area contributed by atoms with Gasteiger partial charge in [0.15, 0.2) is 0 Å². The summed E-state index contributed by atoms with van der Waals surface area (Å²) in [6, 6.07) is 0. The standard InChI is InChI=1S/C13H29NO2/c1-3-5-10-15-12-13-16-11-7-6-9-14-8-4-2/h14H,3-13H2,1-2H3. The molecule has 0 aromatic heterocycles. The Balaban J connectivity index is 2.83. The van der Waals surface area contributed by atoms with Gasteiger partial charge < -0.3 is 14.8 Å². The first kappa shape index (κ1) is 15.9. The maximum atomic E-state index is 5.47. The molecule has 0 unspecified atom stereocenters. The lowest BCUT2D eigenvalue weighted by Crippen LogP contribution is -2.16. The van der Waals surface area contributed by atoms with Gasteiger partial charge in [0.1, 0.15) is 0 Å². The summed E-state index contributed by atoms with van der Waals surface area (Å²) in [6.45, 7) is 9.84. The molecule has 0 aromatic carbocycles. The first-order valence-electron chi connectivity index (χ1n) is 6.78. The Hall–Kier alpha value is -0.120. The lowest BCUT2D eigenvalue weighted by molar-refractivity contribution is 0.0454. The number of rotatable bonds is 13. The number of hydrogen-bond donors (Lipinski definition) is 1. The molecule has 0 bridgehead atoms. The van der Waals surface area contributed by atoms with Gasteiger partial charge in [0.05, 0.1) is 13.2 Å². The summed E-state index contributed by atoms with van der Waals surface area (Å²) in [7, 11) is 0. The normalized spacial score (nSPS) is 10.9. The largest absolute Gasteiger partial charge is 0.379 e. The summed E-state index contributed by atoms with van der Waals surface area (Å²) in [6.07, 6.45) is 5.92. The third kappa shape index (κ3) is 13.9. The minimum absolute atomic E-state index is 0.742. The Bertz CT molecular complexity index is 107. The Morgan fingerprint density at radius 1 is 0.688 bits per heavy atom. The van der Waals surface area contributed by atoms with Crippen LogP contribution in [-0.2, 0) is 9.47 Å². The number of unbranched alkanes of at least 4 members (excludes halogenated alkanes) is 2. The monoisotopic (exact) mass is 231 g/mol. The maximum absolute atomic E-state index is 5.47. The summed E-state index contributed by atoms with van der Waals surface area (Å²) in [5.41, 5.74) is 0. The van der Waals surface area contributed by atoms with E-state index in [0.29, 0.717) is 0 Å². The molecule has 0 rings (SSSR count). The van der Waals surface area contributed by atoms with Crippen molar-refractivity contribution < 1.29 is 9.47 Å². The third-order valence-corrected chi connectivity index (χ3v) is 2.33. The zero-order valence-corrected chi connectivity index (χ0v) is 11.1. The molecule has 0 radical (unpaired) electrons. The van der Waals surface area contributed by atoms with Crippen LogP contribution in [-0.4, -0.2) is 39.5 Å². The zero-order chi connectivity index (χ0) is 11.9. The summed E-state index contributed by atoms with van der Waals surface area (Å²) in [5.74, 6) is 0. The van der Waals surface area contributed by atoms with Crippen molar-refractivity contribution in [2.75, 3.05) is 39.5 Å². The summed E-state index contributed by atoms with van der Waals surface area (Å²) >= 11 is 0. The average Bonchev–Trinajstić information content (AvgIpc) is 2.31. The number of ether oxygens (including phenoxy) is 2. The van der Waals surface area contributed by atoms with Crippen molar-refractivity contribution in [1.82, 2.24) is 5.32 Å². The highest BCUT2D eigenvalue weighted by molar-refractivity contribution is 4.46. The molecule has 0 spiro atoms. The topological polar surface area (TPSA) is 30.5 Å². The number of nitrogens with one attached hydrogen (secondary N) is 1. The first-order chi connectivity index (χ1) is 7.91. The van der Waals surface area contributed by atoms with E-state index in [0.717, 1.165) is 52.4 Å². The van der Waals surface area contributed by atoms with Crippen molar-refractivity contribution in [2.24, 2.45) is 0 Å². The van der Waals surface area contributed by atoms with E-state index in [2.05, 4.69) is 19.2 Å². The van der Waals surface area contributed by atoms with Gasteiger partial charge in [-0.05, 0) is 38.8 Å². The number of hydrogen-bond acceptors (Lipinski definition) is 3. The summed E-state index contributed by atoms with van der Waals surface area (Å²) < 4.78 is 10.9. The minimum atomic E-state index is 0.742. The Morgan fingerprint density at radius 3 is 2.00 bits per heavy atom. The highest BCUT2D eigenvalue weighted by atomic mass is 16.5. The molecule has 0 fully saturated rings. The predicted octanol–water partition coefficient (Wildman–Crippen LogP) is 2.60. The van der Waals surface area contributed by atoms with Crippen LogP contribution in [0.4, 0.5) is 0 Å². The lowest BCUT2D eigenvalue weighted by atomic mass is 10.3. The Morgan fingerprint density at radius 2 is 1.38 bits per heavy atom. The molecule has 0 aliphatic rings. The van der Waals surface area contributed by atoms with Gasteiger partial charge in [-0.2, -0.15) is 0 Å². The molecule has 0 aliphatic carbocycles. The van der Waals surface area contributed by atoms with Crippen molar-refractivity contribution in [3.8, 4) is 0 Å². The molecule has 3 nitrogen and oxygen atoms in total. The Kier molecular flexibility index (Phi) is 14.8. The van der Waals surface area contributed by atoms with Crippen LogP contribution in [0, 0.1) is 0 Å². The first-order valence-corrected chi connectivity index (χ1v) is 6.78. The molecule has 0 heterocycles. The van der Waals surface area contributed by atoms with Crippen molar-refractivity contribution in [3.05, 3.63) is 0 Å². The molecule has 0 saturated heterocycles. The molecule has 98 valence electrons. The van der Waals surface area contributed by atoms with Crippen LogP contribution in [0.1, 0.15) is 46.0 Å². The molecule has 1 N–H and O–H groups in total. The van der Waals surface area contributed by atoms with Crippen LogP contribution in [0.2, 0.25) is 0 Å². The molecule has 0 aliphatic heterocycles. The van der Waals surface area contributed by atoms with Crippen LogP contribution in [0.5, 0.6) is 0 Å². The fraction of sp³-hybridized carbons (Fsp3) is 1.00. The third-order valence-electron chi connectivity index (χ3n) is 2.33. The van der Waals surface area contributed by atoms with Crippen LogP contribution in [0.25, 0.3) is 0 Å². The van der Waals surface area contributed by atoms with Crippen molar-refractivity contribution in [1.29, 1.82) is 0 Å². The summed E-state index contributed by atoms with van der Waals surface area (Å²) in [4.78, 5) is 0. The van der Waals surface area contributed by atoms with E-state index in [9.17, 15) is 0 Å². The van der Waals surface area contributed by atoms with Crippen LogP contribution >= 0.6 is 0 Å². The van der Waals surface area contributed by atoms with Crippen LogP contribution in [0.15, 0.2) is 0 Å². The second-order valence-electron chi connectivity index (χ2n) is 4.04. The molecule has 16 heavy (non-hydrogen) atoms. The molecular formula is C13H29NO2. The van der Waals surface area contributed by atoms with E-state index in [4.69, 9.17) is 9.47 Å². The van der Waals surface area contributed by atoms with Gasteiger partial charge in [-0.1, -0.05) is 20.3 Å². The highest BCUT2D eigenvalue weighted by Gasteiger charge is 1.91. The van der Waals surface area contributed by atoms with Gasteiger partial charge in [0, 0.05) is 13.2 Å². The molecule has 0 atom stereocenters. The smallest absolute Gasteiger partial charge is 0.0700 e. The van der Waals surface area contributed by atoms with Gasteiger partial charge in [-0.15, -0.1) is 0 Å². The van der Waals surface area contributed by atoms with Crippen LogP contribution in [0.3, 0.4) is 0 Å². The SMILES string of the molecule is CCCCOCCOCCCCNCCC. The summed E-state index contributed by atoms with van der Waals surface area (Å²) in [5, 5.41) is 3.38. The van der Waals surface area contributed by atoms with Crippen molar-refractivity contribution in [2.45, 2.75) is 46.0 Å².